The molecule has 0 aliphatic rings. The van der Waals surface area contributed by atoms with E-state index in [4.69, 9.17) is 9.97 Å². The van der Waals surface area contributed by atoms with E-state index in [1.165, 1.54) is 63.8 Å². The normalized spacial score (nSPS) is 11.7. The average Bonchev–Trinajstić information content (AvgIpc) is 4.00. The molecule has 0 spiro atoms. The lowest BCUT2D eigenvalue weighted by Crippen LogP contribution is -1.99. The van der Waals surface area contributed by atoms with Gasteiger partial charge in [0.1, 0.15) is 0 Å². The van der Waals surface area contributed by atoms with Gasteiger partial charge in [-0.25, -0.2) is 9.97 Å². The van der Waals surface area contributed by atoms with E-state index >= 15 is 0 Å². The van der Waals surface area contributed by atoms with E-state index in [1.54, 1.807) is 6.08 Å². The summed E-state index contributed by atoms with van der Waals surface area (Å²) in [6, 6.07) is 69.7. The lowest BCUT2D eigenvalue weighted by molar-refractivity contribution is 1.19. The summed E-state index contributed by atoms with van der Waals surface area (Å²) in [6.45, 7) is 5.25. The molecule has 4 heterocycles. The van der Waals surface area contributed by atoms with E-state index in [1.807, 2.05) is 24.3 Å². The Kier molecular flexibility index (Phi) is 8.37. The van der Waals surface area contributed by atoms with Gasteiger partial charge in [-0.15, -0.1) is 17.9 Å². The van der Waals surface area contributed by atoms with Gasteiger partial charge in [-0.3, -0.25) is 0 Å². The molecule has 0 atom stereocenters. The number of nitrogens with zero attached hydrogens (tertiary/aromatic N) is 4. The maximum Gasteiger partial charge on any atom is 0.161 e. The number of aromatic nitrogens is 4. The third-order valence-electron chi connectivity index (χ3n) is 12.1. The van der Waals surface area contributed by atoms with Crippen molar-refractivity contribution in [2.24, 2.45) is 0 Å². The molecule has 5 heteroatoms. The molecule has 0 amide bonds. The molecule has 0 bridgehead atoms. The van der Waals surface area contributed by atoms with Crippen molar-refractivity contribution in [3.05, 3.63) is 207 Å². The first-order chi connectivity index (χ1) is 30.7. The lowest BCUT2D eigenvalue weighted by Gasteiger charge is -2.16. The molecule has 0 unspecified atom stereocenters. The van der Waals surface area contributed by atoms with Gasteiger partial charge in [-0.2, -0.15) is 0 Å². The molecule has 0 fully saturated rings. The maximum atomic E-state index is 5.32. The van der Waals surface area contributed by atoms with Gasteiger partial charge in [0.15, 0.2) is 5.82 Å². The van der Waals surface area contributed by atoms with Crippen LogP contribution in [-0.4, -0.2) is 19.1 Å². The second kappa shape index (κ2) is 14.4. The molecule has 292 valence electrons. The molecule has 0 aliphatic heterocycles. The van der Waals surface area contributed by atoms with Crippen LogP contribution >= 0.6 is 11.3 Å². The molecular formula is C57H38N4S. The highest BCUT2D eigenvalue weighted by molar-refractivity contribution is 7.27. The van der Waals surface area contributed by atoms with Crippen molar-refractivity contribution in [1.82, 2.24) is 19.1 Å². The van der Waals surface area contributed by atoms with Gasteiger partial charge in [0.25, 0.3) is 0 Å². The number of benzene rings is 9. The first-order valence-electron chi connectivity index (χ1n) is 21.0. The monoisotopic (exact) mass is 810 g/mol. The van der Waals surface area contributed by atoms with Crippen molar-refractivity contribution >= 4 is 96.8 Å². The van der Waals surface area contributed by atoms with Gasteiger partial charge in [-0.1, -0.05) is 152 Å². The van der Waals surface area contributed by atoms with E-state index in [-0.39, 0.29) is 0 Å². The van der Waals surface area contributed by atoms with Gasteiger partial charge in [-0.05, 0) is 60.8 Å². The highest BCUT2D eigenvalue weighted by Crippen LogP contribution is 2.51. The summed E-state index contributed by atoms with van der Waals surface area (Å²) in [7, 11) is 0. The van der Waals surface area contributed by atoms with Crippen molar-refractivity contribution in [1.29, 1.82) is 0 Å². The molecular weight excluding hydrogens is 773 g/mol. The second-order valence-corrected chi connectivity index (χ2v) is 16.7. The third kappa shape index (κ3) is 5.32. The molecule has 0 saturated heterocycles. The Morgan fingerprint density at radius 3 is 1.74 bits per heavy atom. The second-order valence-electron chi connectivity index (χ2n) is 15.7. The smallest absolute Gasteiger partial charge is 0.161 e. The minimum absolute atomic E-state index is 0.717. The Balaban J connectivity index is 0.00000133. The number of thiophene rings is 1. The van der Waals surface area contributed by atoms with Crippen LogP contribution in [0, 0.1) is 0 Å². The summed E-state index contributed by atoms with van der Waals surface area (Å²) in [5, 5.41) is 10.9. The molecule has 0 radical (unpaired) electrons. The Bertz CT molecular complexity index is 3890. The molecule has 9 aromatic carbocycles. The minimum Gasteiger partial charge on any atom is -0.309 e. The molecule has 13 aromatic rings. The zero-order valence-corrected chi connectivity index (χ0v) is 34.8. The minimum atomic E-state index is 0.717. The number of rotatable bonds is 4. The summed E-state index contributed by atoms with van der Waals surface area (Å²) in [4.78, 5) is 10.5. The van der Waals surface area contributed by atoms with Crippen LogP contribution in [-0.2, 0) is 0 Å². The van der Waals surface area contributed by atoms with Gasteiger partial charge in [0, 0.05) is 64.6 Å². The molecule has 0 aliphatic carbocycles. The van der Waals surface area contributed by atoms with Crippen LogP contribution in [0.5, 0.6) is 0 Å². The van der Waals surface area contributed by atoms with Crippen LogP contribution in [0.4, 0.5) is 0 Å². The predicted octanol–water partition coefficient (Wildman–Crippen LogP) is 15.9. The van der Waals surface area contributed by atoms with Crippen molar-refractivity contribution in [3.8, 4) is 34.0 Å². The fourth-order valence-electron chi connectivity index (χ4n) is 9.67. The van der Waals surface area contributed by atoms with Crippen molar-refractivity contribution in [2.45, 2.75) is 6.92 Å². The zero-order valence-electron chi connectivity index (χ0n) is 34.0. The Labute approximate surface area is 361 Å². The number of hydrogen-bond donors (Lipinski definition) is 0. The van der Waals surface area contributed by atoms with Crippen molar-refractivity contribution in [2.75, 3.05) is 0 Å². The average molecular weight is 811 g/mol. The van der Waals surface area contributed by atoms with E-state index in [2.05, 4.69) is 204 Å². The predicted molar refractivity (Wildman–Crippen MR) is 265 cm³/mol. The first kappa shape index (κ1) is 36.0. The van der Waals surface area contributed by atoms with E-state index in [9.17, 15) is 0 Å². The third-order valence-corrected chi connectivity index (χ3v) is 13.3. The van der Waals surface area contributed by atoms with Crippen molar-refractivity contribution < 1.29 is 0 Å². The number of allylic oxidation sites excluding steroid dienone is 1. The van der Waals surface area contributed by atoms with Crippen LogP contribution in [0.2, 0.25) is 0 Å². The Morgan fingerprint density at radius 2 is 1.02 bits per heavy atom. The highest BCUT2D eigenvalue weighted by Gasteiger charge is 2.27. The van der Waals surface area contributed by atoms with Crippen LogP contribution in [0.25, 0.3) is 119 Å². The summed E-state index contributed by atoms with van der Waals surface area (Å²) >= 11 is 1.90. The largest absolute Gasteiger partial charge is 0.309 e. The number of hydrogen-bond acceptors (Lipinski definition) is 3. The molecule has 0 N–H and O–H groups in total. The van der Waals surface area contributed by atoms with Crippen LogP contribution in [0.3, 0.4) is 0 Å². The van der Waals surface area contributed by atoms with E-state index < -0.39 is 0 Å². The van der Waals surface area contributed by atoms with Gasteiger partial charge >= 0.3 is 0 Å². The molecule has 4 aromatic heterocycles. The zero-order chi connectivity index (χ0) is 41.3. The molecule has 0 saturated carbocycles. The summed E-state index contributed by atoms with van der Waals surface area (Å²) in [6.07, 6.45) is 1.75. The Morgan fingerprint density at radius 1 is 0.468 bits per heavy atom. The molecule has 13 rings (SSSR count). The quantitative estimate of drug-likeness (QED) is 0.166. The SMILES string of the molecule is C=CC.c1ccc(-c2nc(-c3ccc(-n4c5ccccc5c5c6c7ccccc7n(-c7ccccc7)c6c6c7ccccc7sc6c54)c4ccccc34)nc3ccccc23)cc1. The summed E-state index contributed by atoms with van der Waals surface area (Å²) < 4.78 is 7.60. The number of para-hydroxylation sites is 4. The summed E-state index contributed by atoms with van der Waals surface area (Å²) in [5.74, 6) is 0.717. The Hall–Kier alpha value is -7.86. The molecule has 4 nitrogen and oxygen atoms in total. The molecule has 62 heavy (non-hydrogen) atoms. The fourth-order valence-corrected chi connectivity index (χ4v) is 10.9. The maximum absolute atomic E-state index is 5.32. The lowest BCUT2D eigenvalue weighted by atomic mass is 10.0. The van der Waals surface area contributed by atoms with E-state index in [0.717, 1.165) is 55.7 Å². The van der Waals surface area contributed by atoms with Gasteiger partial charge in [0.05, 0.1) is 43.7 Å². The summed E-state index contributed by atoms with van der Waals surface area (Å²) in [5.41, 5.74) is 11.1. The van der Waals surface area contributed by atoms with Crippen LogP contribution in [0.15, 0.2) is 207 Å². The number of fused-ring (bicyclic) bond motifs is 14. The van der Waals surface area contributed by atoms with Crippen molar-refractivity contribution in [3.63, 3.8) is 0 Å². The van der Waals surface area contributed by atoms with E-state index in [0.29, 0.717) is 0 Å². The van der Waals surface area contributed by atoms with Gasteiger partial charge < -0.3 is 9.13 Å². The fraction of sp³-hybridized carbons (Fsp3) is 0.0175. The topological polar surface area (TPSA) is 35.6 Å². The van der Waals surface area contributed by atoms with Crippen LogP contribution in [0.1, 0.15) is 6.92 Å². The van der Waals surface area contributed by atoms with Crippen LogP contribution < -0.4 is 0 Å². The highest BCUT2D eigenvalue weighted by atomic mass is 32.1. The standard InChI is InChI=1S/C54H32N4S.C3H6/c1-3-17-33(18-4-1)50-38-23-9-13-27-42(38)55-54(56-50)37-31-32-45(36-22-8-7-21-35(36)37)58-44-29-15-11-25-40(44)48-47-39-24-10-14-28-43(39)57(34-19-5-2-6-20-34)51(47)49-41-26-12-16-30-46(41)59-53(49)52(48)58;1-3-2/h1-32H;3H,1H2,2H3. The van der Waals surface area contributed by atoms with Gasteiger partial charge in [0.2, 0.25) is 0 Å². The first-order valence-corrected chi connectivity index (χ1v) is 21.8.